The second-order valence-corrected chi connectivity index (χ2v) is 3.91. The molecular formula is C9H18NO2+. The first-order chi connectivity index (χ1) is 5.58. The molecular weight excluding hydrogens is 154 g/mol. The van der Waals surface area contributed by atoms with E-state index >= 15 is 0 Å². The Hall–Kier alpha value is -0.570. The average Bonchev–Trinajstić information content (AvgIpc) is 2.30. The lowest BCUT2D eigenvalue weighted by Gasteiger charge is -2.29. The molecule has 1 heterocycles. The van der Waals surface area contributed by atoms with Gasteiger partial charge in [-0.2, -0.15) is 0 Å². The van der Waals surface area contributed by atoms with Crippen LogP contribution >= 0.6 is 0 Å². The van der Waals surface area contributed by atoms with E-state index in [-0.39, 0.29) is 12.0 Å². The second kappa shape index (κ2) is 3.44. The summed E-state index contributed by atoms with van der Waals surface area (Å²) in [7, 11) is 4.18. The zero-order chi connectivity index (χ0) is 9.19. The topological polar surface area (TPSA) is 26.3 Å². The molecule has 1 atom stereocenters. The van der Waals surface area contributed by atoms with Crippen molar-refractivity contribution in [1.29, 1.82) is 0 Å². The zero-order valence-corrected chi connectivity index (χ0v) is 8.17. The van der Waals surface area contributed by atoms with Gasteiger partial charge in [0.25, 0.3) is 0 Å². The SMILES string of the molecule is CCOC(=O)C1CCC[N+]1(C)C. The number of quaternary nitrogens is 1. The Kier molecular flexibility index (Phi) is 2.73. The predicted molar refractivity (Wildman–Crippen MR) is 46.6 cm³/mol. The minimum atomic E-state index is -0.0278. The number of hydrogen-bond acceptors (Lipinski definition) is 2. The highest BCUT2D eigenvalue weighted by atomic mass is 16.5. The van der Waals surface area contributed by atoms with Gasteiger partial charge in [-0.3, -0.25) is 0 Å². The normalized spacial score (nSPS) is 27.1. The lowest BCUT2D eigenvalue weighted by Crippen LogP contribution is -2.48. The van der Waals surface area contributed by atoms with Crippen molar-refractivity contribution in [2.45, 2.75) is 25.8 Å². The Morgan fingerprint density at radius 3 is 2.67 bits per heavy atom. The largest absolute Gasteiger partial charge is 0.462 e. The molecule has 0 saturated carbocycles. The van der Waals surface area contributed by atoms with Gasteiger partial charge in [0.15, 0.2) is 6.04 Å². The first-order valence-corrected chi connectivity index (χ1v) is 4.57. The number of likely N-dealkylation sites (N-methyl/N-ethyl adjacent to an activating group) is 1. The van der Waals surface area contributed by atoms with E-state index in [4.69, 9.17) is 4.74 Å². The number of carbonyl (C=O) groups is 1. The van der Waals surface area contributed by atoms with Gasteiger partial charge in [-0.15, -0.1) is 0 Å². The van der Waals surface area contributed by atoms with Crippen LogP contribution in [0.1, 0.15) is 19.8 Å². The van der Waals surface area contributed by atoms with Crippen LogP contribution in [0.15, 0.2) is 0 Å². The molecule has 1 fully saturated rings. The molecule has 1 saturated heterocycles. The Morgan fingerprint density at radius 2 is 2.25 bits per heavy atom. The monoisotopic (exact) mass is 172 g/mol. The second-order valence-electron chi connectivity index (χ2n) is 3.91. The minimum absolute atomic E-state index is 0.0278. The summed E-state index contributed by atoms with van der Waals surface area (Å²) in [6.07, 6.45) is 2.11. The lowest BCUT2D eigenvalue weighted by atomic mass is 10.2. The van der Waals surface area contributed by atoms with E-state index in [9.17, 15) is 4.79 Å². The molecule has 0 radical (unpaired) electrons. The van der Waals surface area contributed by atoms with Crippen LogP contribution < -0.4 is 0 Å². The van der Waals surface area contributed by atoms with Crippen LogP contribution in [0.5, 0.6) is 0 Å². The van der Waals surface area contributed by atoms with Crippen LogP contribution in [0, 0.1) is 0 Å². The van der Waals surface area contributed by atoms with E-state index in [0.29, 0.717) is 6.61 Å². The number of esters is 1. The van der Waals surface area contributed by atoms with Gasteiger partial charge in [0.1, 0.15) is 0 Å². The average molecular weight is 172 g/mol. The summed E-state index contributed by atoms with van der Waals surface area (Å²) in [6.45, 7) is 3.44. The van der Waals surface area contributed by atoms with Crippen molar-refractivity contribution in [1.82, 2.24) is 0 Å². The maximum absolute atomic E-state index is 11.4. The van der Waals surface area contributed by atoms with Crippen LogP contribution in [0.3, 0.4) is 0 Å². The minimum Gasteiger partial charge on any atom is -0.462 e. The van der Waals surface area contributed by atoms with Crippen molar-refractivity contribution in [2.24, 2.45) is 0 Å². The molecule has 1 aliphatic heterocycles. The van der Waals surface area contributed by atoms with Gasteiger partial charge in [0.05, 0.1) is 27.2 Å². The first kappa shape index (κ1) is 9.52. The molecule has 0 spiro atoms. The van der Waals surface area contributed by atoms with E-state index in [2.05, 4.69) is 14.1 Å². The molecule has 0 N–H and O–H groups in total. The molecule has 0 aromatic rings. The Labute approximate surface area is 73.9 Å². The molecule has 1 aliphatic rings. The van der Waals surface area contributed by atoms with Crippen LogP contribution in [-0.4, -0.2) is 43.7 Å². The molecule has 12 heavy (non-hydrogen) atoms. The number of nitrogens with zero attached hydrogens (tertiary/aromatic N) is 1. The molecule has 0 aromatic carbocycles. The van der Waals surface area contributed by atoms with Crippen molar-refractivity contribution >= 4 is 5.97 Å². The zero-order valence-electron chi connectivity index (χ0n) is 8.17. The summed E-state index contributed by atoms with van der Waals surface area (Å²) in [5, 5.41) is 0. The first-order valence-electron chi connectivity index (χ1n) is 4.57. The number of ether oxygens (including phenoxy) is 1. The molecule has 3 nitrogen and oxygen atoms in total. The molecule has 0 amide bonds. The van der Waals surface area contributed by atoms with E-state index in [1.165, 1.54) is 0 Å². The van der Waals surface area contributed by atoms with Crippen molar-refractivity contribution in [3.63, 3.8) is 0 Å². The number of hydrogen-bond donors (Lipinski definition) is 0. The molecule has 0 aliphatic carbocycles. The fourth-order valence-corrected chi connectivity index (χ4v) is 1.84. The van der Waals surface area contributed by atoms with E-state index < -0.39 is 0 Å². The van der Waals surface area contributed by atoms with Gasteiger partial charge in [-0.05, 0) is 6.92 Å². The molecule has 3 heteroatoms. The van der Waals surface area contributed by atoms with Gasteiger partial charge in [0.2, 0.25) is 0 Å². The number of carbonyl (C=O) groups excluding carboxylic acids is 1. The summed E-state index contributed by atoms with van der Waals surface area (Å²) in [5.74, 6) is -0.0278. The van der Waals surface area contributed by atoms with Gasteiger partial charge in [-0.1, -0.05) is 0 Å². The summed E-state index contributed by atoms with van der Waals surface area (Å²) in [5.41, 5.74) is 0. The maximum atomic E-state index is 11.4. The van der Waals surface area contributed by atoms with Gasteiger partial charge < -0.3 is 9.22 Å². The van der Waals surface area contributed by atoms with Crippen LogP contribution in [0.2, 0.25) is 0 Å². The Morgan fingerprint density at radius 1 is 1.58 bits per heavy atom. The van der Waals surface area contributed by atoms with Crippen LogP contribution in [0.4, 0.5) is 0 Å². The molecule has 70 valence electrons. The van der Waals surface area contributed by atoms with Crippen molar-refractivity contribution in [3.05, 3.63) is 0 Å². The molecule has 1 unspecified atom stereocenters. The van der Waals surface area contributed by atoms with Crippen molar-refractivity contribution in [2.75, 3.05) is 27.2 Å². The highest BCUT2D eigenvalue weighted by molar-refractivity contribution is 5.74. The fraction of sp³-hybridized carbons (Fsp3) is 0.889. The maximum Gasteiger partial charge on any atom is 0.364 e. The summed E-state index contributed by atoms with van der Waals surface area (Å²) in [4.78, 5) is 11.4. The third kappa shape index (κ3) is 1.78. The molecule has 1 rings (SSSR count). The van der Waals surface area contributed by atoms with E-state index in [1.54, 1.807) is 0 Å². The fourth-order valence-electron chi connectivity index (χ4n) is 1.84. The lowest BCUT2D eigenvalue weighted by molar-refractivity contribution is -0.893. The molecule has 0 aromatic heterocycles. The highest BCUT2D eigenvalue weighted by Crippen LogP contribution is 2.22. The smallest absolute Gasteiger partial charge is 0.364 e. The summed E-state index contributed by atoms with van der Waals surface area (Å²) < 4.78 is 5.80. The standard InChI is InChI=1S/C9H18NO2/c1-4-12-9(11)8-6-5-7-10(8,2)3/h8H,4-7H2,1-3H3/q+1. The van der Waals surface area contributed by atoms with Gasteiger partial charge in [-0.25, -0.2) is 4.79 Å². The Bertz CT molecular complexity index is 177. The van der Waals surface area contributed by atoms with E-state index in [1.807, 2.05) is 6.92 Å². The quantitative estimate of drug-likeness (QED) is 0.454. The third-order valence-corrected chi connectivity index (χ3v) is 2.61. The highest BCUT2D eigenvalue weighted by Gasteiger charge is 2.40. The van der Waals surface area contributed by atoms with Crippen LogP contribution in [0.25, 0.3) is 0 Å². The summed E-state index contributed by atoms with van der Waals surface area (Å²) >= 11 is 0. The number of likely N-dealkylation sites (tertiary alicyclic amines) is 1. The predicted octanol–water partition coefficient (Wildman–Crippen LogP) is 0.788. The van der Waals surface area contributed by atoms with Crippen molar-refractivity contribution in [3.8, 4) is 0 Å². The number of rotatable bonds is 2. The Balaban J connectivity index is 2.56. The summed E-state index contributed by atoms with van der Waals surface area (Å²) in [6, 6.07) is 0.0740. The third-order valence-electron chi connectivity index (χ3n) is 2.61. The van der Waals surface area contributed by atoms with E-state index in [0.717, 1.165) is 23.9 Å². The van der Waals surface area contributed by atoms with Gasteiger partial charge >= 0.3 is 5.97 Å². The van der Waals surface area contributed by atoms with Gasteiger partial charge in [0, 0.05) is 12.8 Å². The molecule has 0 bridgehead atoms. The van der Waals surface area contributed by atoms with Crippen molar-refractivity contribution < 1.29 is 14.0 Å². The van der Waals surface area contributed by atoms with Crippen LogP contribution in [-0.2, 0) is 9.53 Å².